The van der Waals surface area contributed by atoms with Crippen molar-refractivity contribution >= 4 is 16.9 Å². The van der Waals surface area contributed by atoms with E-state index in [2.05, 4.69) is 4.74 Å². The average molecular weight is 366 g/mol. The maximum Gasteiger partial charge on any atom is 0.513 e. The quantitative estimate of drug-likeness (QED) is 0.429. The molecule has 3 aromatic rings. The van der Waals surface area contributed by atoms with Crippen LogP contribution in [0.2, 0.25) is 0 Å². The summed E-state index contributed by atoms with van der Waals surface area (Å²) in [6.45, 7) is 4.72. The zero-order valence-electron chi connectivity index (χ0n) is 15.7. The fourth-order valence-corrected chi connectivity index (χ4v) is 2.92. The van der Waals surface area contributed by atoms with Crippen molar-refractivity contribution in [2.24, 2.45) is 0 Å². The summed E-state index contributed by atoms with van der Waals surface area (Å²) in [5.41, 5.74) is 2.13. The maximum absolute atomic E-state index is 11.7. The molecule has 5 heteroatoms. The molecule has 0 saturated carbocycles. The first-order chi connectivity index (χ1) is 13.2. The number of methoxy groups -OCH3 is 1. The van der Waals surface area contributed by atoms with Crippen molar-refractivity contribution in [2.45, 2.75) is 13.8 Å². The molecule has 0 aliphatic heterocycles. The zero-order chi connectivity index (χ0) is 19.2. The third-order valence-corrected chi connectivity index (χ3v) is 4.07. The van der Waals surface area contributed by atoms with Gasteiger partial charge in [0.05, 0.1) is 20.3 Å². The highest BCUT2D eigenvalue weighted by molar-refractivity contribution is 5.99. The summed E-state index contributed by atoms with van der Waals surface area (Å²) in [4.78, 5) is 11.7. The van der Waals surface area contributed by atoms with E-state index in [1.807, 2.05) is 62.4 Å². The van der Waals surface area contributed by atoms with E-state index in [1.54, 1.807) is 6.07 Å². The van der Waals surface area contributed by atoms with Gasteiger partial charge in [0.15, 0.2) is 11.5 Å². The first kappa shape index (κ1) is 18.6. The second-order valence-corrected chi connectivity index (χ2v) is 5.75. The summed E-state index contributed by atoms with van der Waals surface area (Å²) in [5, 5.41) is 1.55. The lowest BCUT2D eigenvalue weighted by Crippen LogP contribution is -2.09. The van der Waals surface area contributed by atoms with Crippen LogP contribution in [0.3, 0.4) is 0 Å². The van der Waals surface area contributed by atoms with Gasteiger partial charge in [-0.25, -0.2) is 4.79 Å². The van der Waals surface area contributed by atoms with Gasteiger partial charge in [-0.15, -0.1) is 0 Å². The van der Waals surface area contributed by atoms with Crippen LogP contribution in [0.1, 0.15) is 13.8 Å². The van der Waals surface area contributed by atoms with Crippen molar-refractivity contribution < 1.29 is 23.7 Å². The van der Waals surface area contributed by atoms with E-state index in [4.69, 9.17) is 14.2 Å². The van der Waals surface area contributed by atoms with Crippen molar-refractivity contribution in [3.8, 4) is 28.4 Å². The number of ether oxygens (including phenoxy) is 4. The minimum absolute atomic E-state index is 0.321. The van der Waals surface area contributed by atoms with Crippen LogP contribution in [-0.2, 0) is 4.74 Å². The molecule has 0 bridgehead atoms. The van der Waals surface area contributed by atoms with E-state index in [9.17, 15) is 4.79 Å². The van der Waals surface area contributed by atoms with E-state index in [0.29, 0.717) is 30.5 Å². The number of benzene rings is 3. The molecule has 0 spiro atoms. The van der Waals surface area contributed by atoms with E-state index >= 15 is 0 Å². The number of fused-ring (bicyclic) bond motifs is 1. The molecule has 0 unspecified atom stereocenters. The van der Waals surface area contributed by atoms with Gasteiger partial charge in [-0.2, -0.15) is 0 Å². The van der Waals surface area contributed by atoms with Gasteiger partial charge in [0, 0.05) is 16.8 Å². The number of hydrogen-bond acceptors (Lipinski definition) is 5. The molecule has 0 radical (unpaired) electrons. The van der Waals surface area contributed by atoms with Crippen molar-refractivity contribution in [3.63, 3.8) is 0 Å². The summed E-state index contributed by atoms with van der Waals surface area (Å²) in [6.07, 6.45) is -0.798. The van der Waals surface area contributed by atoms with E-state index in [1.165, 1.54) is 7.11 Å². The highest BCUT2D eigenvalue weighted by Crippen LogP contribution is 2.43. The molecule has 3 rings (SSSR count). The van der Waals surface area contributed by atoms with Crippen molar-refractivity contribution in [2.75, 3.05) is 20.3 Å². The highest BCUT2D eigenvalue weighted by atomic mass is 16.7. The summed E-state index contributed by atoms with van der Waals surface area (Å²) >= 11 is 0. The molecular weight excluding hydrogens is 344 g/mol. The molecule has 5 nitrogen and oxygen atoms in total. The van der Waals surface area contributed by atoms with Gasteiger partial charge in [-0.1, -0.05) is 36.4 Å². The standard InChI is InChI=1S/C22H22O5/c1-4-25-19-14-20(26-5-2)21(27-22(23)24-3)17-12-11-16(13-18(17)19)15-9-7-6-8-10-15/h6-14H,4-5H2,1-3H3. The number of rotatable bonds is 6. The molecule has 0 saturated heterocycles. The van der Waals surface area contributed by atoms with Crippen LogP contribution in [0, 0.1) is 0 Å². The van der Waals surface area contributed by atoms with Crippen LogP contribution in [0.4, 0.5) is 4.79 Å². The molecule has 0 aliphatic rings. The van der Waals surface area contributed by atoms with Crippen LogP contribution in [-0.4, -0.2) is 26.5 Å². The minimum Gasteiger partial charge on any atom is -0.493 e. The first-order valence-corrected chi connectivity index (χ1v) is 8.85. The molecule has 0 N–H and O–H groups in total. The second kappa shape index (κ2) is 8.45. The van der Waals surface area contributed by atoms with Crippen molar-refractivity contribution in [1.82, 2.24) is 0 Å². The largest absolute Gasteiger partial charge is 0.513 e. The van der Waals surface area contributed by atoms with E-state index in [0.717, 1.165) is 21.9 Å². The normalized spacial score (nSPS) is 10.5. The predicted octanol–water partition coefficient (Wildman–Crippen LogP) is 5.45. The number of carbonyl (C=O) groups excluding carboxylic acids is 1. The van der Waals surface area contributed by atoms with Crippen LogP contribution in [0.25, 0.3) is 21.9 Å². The molecule has 140 valence electrons. The Balaban J connectivity index is 2.23. The van der Waals surface area contributed by atoms with Gasteiger partial charge < -0.3 is 18.9 Å². The van der Waals surface area contributed by atoms with Gasteiger partial charge in [0.1, 0.15) is 5.75 Å². The lowest BCUT2D eigenvalue weighted by Gasteiger charge is -2.17. The molecule has 3 aromatic carbocycles. The third kappa shape index (κ3) is 3.97. The maximum atomic E-state index is 11.7. The Morgan fingerprint density at radius 2 is 1.52 bits per heavy atom. The van der Waals surface area contributed by atoms with Crippen LogP contribution in [0.15, 0.2) is 54.6 Å². The lowest BCUT2D eigenvalue weighted by atomic mass is 10.00. The third-order valence-electron chi connectivity index (χ3n) is 4.07. The van der Waals surface area contributed by atoms with Gasteiger partial charge in [-0.05, 0) is 37.1 Å². The van der Waals surface area contributed by atoms with Crippen LogP contribution in [0.5, 0.6) is 17.2 Å². The minimum atomic E-state index is -0.798. The predicted molar refractivity (Wildman–Crippen MR) is 105 cm³/mol. The highest BCUT2D eigenvalue weighted by Gasteiger charge is 2.19. The van der Waals surface area contributed by atoms with E-state index in [-0.39, 0.29) is 0 Å². The lowest BCUT2D eigenvalue weighted by molar-refractivity contribution is 0.120. The molecule has 0 aliphatic carbocycles. The van der Waals surface area contributed by atoms with Gasteiger partial charge in [0.2, 0.25) is 0 Å². The zero-order valence-corrected chi connectivity index (χ0v) is 15.7. The number of hydrogen-bond donors (Lipinski definition) is 0. The molecule has 0 fully saturated rings. The Labute approximate surface area is 158 Å². The first-order valence-electron chi connectivity index (χ1n) is 8.85. The molecule has 0 heterocycles. The monoisotopic (exact) mass is 366 g/mol. The Morgan fingerprint density at radius 1 is 0.815 bits per heavy atom. The SMILES string of the molecule is CCOc1cc(OCC)c2cc(-c3ccccc3)ccc2c1OC(=O)OC. The van der Waals surface area contributed by atoms with E-state index < -0.39 is 6.16 Å². The van der Waals surface area contributed by atoms with Crippen LogP contribution < -0.4 is 14.2 Å². The average Bonchev–Trinajstić information content (AvgIpc) is 2.71. The Hall–Kier alpha value is -3.21. The summed E-state index contributed by atoms with van der Waals surface area (Å²) in [6, 6.07) is 17.7. The smallest absolute Gasteiger partial charge is 0.493 e. The molecule has 27 heavy (non-hydrogen) atoms. The Bertz CT molecular complexity index is 934. The molecule has 0 amide bonds. The van der Waals surface area contributed by atoms with Crippen LogP contribution >= 0.6 is 0 Å². The topological polar surface area (TPSA) is 54.0 Å². The van der Waals surface area contributed by atoms with Crippen molar-refractivity contribution in [3.05, 3.63) is 54.6 Å². The number of carbonyl (C=O) groups is 1. The fraction of sp³-hybridized carbons (Fsp3) is 0.227. The van der Waals surface area contributed by atoms with Crippen molar-refractivity contribution in [1.29, 1.82) is 0 Å². The summed E-state index contributed by atoms with van der Waals surface area (Å²) in [5.74, 6) is 1.43. The molecule has 0 aromatic heterocycles. The molecular formula is C22H22O5. The second-order valence-electron chi connectivity index (χ2n) is 5.75. The van der Waals surface area contributed by atoms with Gasteiger partial charge >= 0.3 is 6.16 Å². The Kier molecular flexibility index (Phi) is 5.81. The Morgan fingerprint density at radius 3 is 2.19 bits per heavy atom. The summed E-state index contributed by atoms with van der Waals surface area (Å²) in [7, 11) is 1.27. The fourth-order valence-electron chi connectivity index (χ4n) is 2.92. The van der Waals surface area contributed by atoms with Gasteiger partial charge in [-0.3, -0.25) is 0 Å². The van der Waals surface area contributed by atoms with Gasteiger partial charge in [0.25, 0.3) is 0 Å². The molecule has 0 atom stereocenters. The summed E-state index contributed by atoms with van der Waals surface area (Å²) < 4.78 is 21.6.